The molecule has 0 spiro atoms. The Morgan fingerprint density at radius 3 is 2.52 bits per heavy atom. The molecule has 0 bridgehead atoms. The molecule has 128 valence electrons. The summed E-state index contributed by atoms with van der Waals surface area (Å²) in [4.78, 5) is 25.8. The molecular weight excluding hydrogens is 288 g/mol. The summed E-state index contributed by atoms with van der Waals surface area (Å²) >= 11 is 0. The van der Waals surface area contributed by atoms with Crippen LogP contribution in [0.5, 0.6) is 0 Å². The van der Waals surface area contributed by atoms with Crippen molar-refractivity contribution in [1.82, 2.24) is 5.32 Å². The Morgan fingerprint density at radius 2 is 1.91 bits per heavy atom. The van der Waals surface area contributed by atoms with Gasteiger partial charge in [0, 0.05) is 32.1 Å². The quantitative estimate of drug-likeness (QED) is 0.707. The summed E-state index contributed by atoms with van der Waals surface area (Å²) in [6.07, 6.45) is 4.48. The largest absolute Gasteiger partial charge is 0.356 e. The first-order valence-electron chi connectivity index (χ1n) is 8.64. The molecule has 23 heavy (non-hydrogen) atoms. The number of unbranched alkanes of at least 4 members (excludes halogenated alkanes) is 2. The molecule has 0 saturated carbocycles. The van der Waals surface area contributed by atoms with Crippen molar-refractivity contribution in [1.29, 1.82) is 0 Å². The van der Waals surface area contributed by atoms with Crippen molar-refractivity contribution in [3.8, 4) is 0 Å². The number of para-hydroxylation sites is 1. The van der Waals surface area contributed by atoms with Crippen LogP contribution in [-0.2, 0) is 16.0 Å². The van der Waals surface area contributed by atoms with Crippen molar-refractivity contribution in [3.63, 3.8) is 0 Å². The van der Waals surface area contributed by atoms with Gasteiger partial charge < -0.3 is 10.2 Å². The van der Waals surface area contributed by atoms with Crippen LogP contribution in [0.2, 0.25) is 0 Å². The van der Waals surface area contributed by atoms with Crippen LogP contribution >= 0.6 is 0 Å². The molecule has 0 aliphatic rings. The molecule has 1 aromatic rings. The number of carbonyl (C=O) groups excluding carboxylic acids is 2. The maximum atomic E-state index is 12.1. The number of benzene rings is 1. The van der Waals surface area contributed by atoms with Gasteiger partial charge in [-0.25, -0.2) is 0 Å². The molecule has 0 aliphatic heterocycles. The Bertz CT molecular complexity index is 526. The van der Waals surface area contributed by atoms with Crippen LogP contribution < -0.4 is 10.2 Å². The summed E-state index contributed by atoms with van der Waals surface area (Å²) in [6.45, 7) is 8.93. The highest BCUT2D eigenvalue weighted by molar-refractivity contribution is 5.94. The first-order valence-corrected chi connectivity index (χ1v) is 8.64. The van der Waals surface area contributed by atoms with Crippen LogP contribution in [0.3, 0.4) is 0 Å². The third-order valence-electron chi connectivity index (χ3n) is 4.02. The second kappa shape index (κ2) is 10.0. The van der Waals surface area contributed by atoms with Gasteiger partial charge >= 0.3 is 0 Å². The van der Waals surface area contributed by atoms with Gasteiger partial charge in [-0.2, -0.15) is 0 Å². The first-order chi connectivity index (χ1) is 11.0. The number of carbonyl (C=O) groups is 2. The number of amides is 2. The topological polar surface area (TPSA) is 49.4 Å². The monoisotopic (exact) mass is 318 g/mol. The summed E-state index contributed by atoms with van der Waals surface area (Å²) < 4.78 is 0. The molecule has 1 N–H and O–H groups in total. The van der Waals surface area contributed by atoms with Gasteiger partial charge in [-0.1, -0.05) is 44.9 Å². The van der Waals surface area contributed by atoms with Gasteiger partial charge in [-0.15, -0.1) is 0 Å². The van der Waals surface area contributed by atoms with E-state index >= 15 is 0 Å². The number of hydrogen-bond donors (Lipinski definition) is 1. The highest BCUT2D eigenvalue weighted by Crippen LogP contribution is 2.26. The van der Waals surface area contributed by atoms with Gasteiger partial charge in [0.1, 0.15) is 0 Å². The summed E-state index contributed by atoms with van der Waals surface area (Å²) in [7, 11) is 0. The van der Waals surface area contributed by atoms with Crippen LogP contribution in [0.25, 0.3) is 0 Å². The highest BCUT2D eigenvalue weighted by Gasteiger charge is 2.18. The van der Waals surface area contributed by atoms with Gasteiger partial charge in [0.05, 0.1) is 0 Å². The van der Waals surface area contributed by atoms with E-state index in [9.17, 15) is 9.59 Å². The Hall–Kier alpha value is -1.84. The fourth-order valence-corrected chi connectivity index (χ4v) is 2.72. The van der Waals surface area contributed by atoms with Crippen LogP contribution in [0.1, 0.15) is 57.6 Å². The Balaban J connectivity index is 2.70. The second-order valence-corrected chi connectivity index (χ2v) is 5.91. The van der Waals surface area contributed by atoms with E-state index in [1.807, 2.05) is 25.1 Å². The summed E-state index contributed by atoms with van der Waals surface area (Å²) in [6, 6.07) is 6.06. The van der Waals surface area contributed by atoms with E-state index in [-0.39, 0.29) is 11.8 Å². The number of nitrogens with zero attached hydrogens (tertiary/aromatic N) is 1. The molecule has 0 saturated heterocycles. The zero-order valence-corrected chi connectivity index (χ0v) is 14.9. The van der Waals surface area contributed by atoms with Crippen molar-refractivity contribution in [2.24, 2.45) is 0 Å². The molecule has 4 heteroatoms. The van der Waals surface area contributed by atoms with Crippen molar-refractivity contribution in [3.05, 3.63) is 29.3 Å². The third kappa shape index (κ3) is 6.05. The van der Waals surface area contributed by atoms with Crippen molar-refractivity contribution in [2.45, 2.75) is 59.8 Å². The smallest absolute Gasteiger partial charge is 0.223 e. The van der Waals surface area contributed by atoms with E-state index in [1.165, 1.54) is 0 Å². The van der Waals surface area contributed by atoms with Crippen molar-refractivity contribution >= 4 is 17.5 Å². The van der Waals surface area contributed by atoms with Gasteiger partial charge in [0.15, 0.2) is 0 Å². The molecular formula is C19H30N2O2. The second-order valence-electron chi connectivity index (χ2n) is 5.91. The Labute approximate surface area is 140 Å². The van der Waals surface area contributed by atoms with Crippen LogP contribution in [0.4, 0.5) is 5.69 Å². The minimum absolute atomic E-state index is 0.0129. The van der Waals surface area contributed by atoms with E-state index in [4.69, 9.17) is 0 Å². The molecule has 2 amide bonds. The van der Waals surface area contributed by atoms with Crippen LogP contribution in [-0.4, -0.2) is 24.9 Å². The summed E-state index contributed by atoms with van der Waals surface area (Å²) in [5.41, 5.74) is 3.17. The normalized spacial score (nSPS) is 10.4. The van der Waals surface area contributed by atoms with Gasteiger partial charge in [0.25, 0.3) is 0 Å². The lowest BCUT2D eigenvalue weighted by molar-refractivity contribution is -0.121. The molecule has 1 rings (SSSR count). The predicted octanol–water partition coefficient (Wildman–Crippen LogP) is 3.61. The molecule has 0 fully saturated rings. The molecule has 0 aliphatic carbocycles. The minimum atomic E-state index is -0.0206. The standard InChI is InChI=1S/C19H30N2O2/c1-5-7-8-13-20-18(23)12-14-21(16(4)22)19-15(3)10-9-11-17(19)6-2/h9-11H,5-8,12-14H2,1-4H3,(H,20,23). The molecule has 0 atom stereocenters. The molecule has 0 heterocycles. The van der Waals surface area contributed by atoms with Crippen molar-refractivity contribution < 1.29 is 9.59 Å². The number of hydrogen-bond acceptors (Lipinski definition) is 2. The molecule has 1 aromatic carbocycles. The van der Waals surface area contributed by atoms with Crippen LogP contribution in [0, 0.1) is 6.92 Å². The molecule has 0 radical (unpaired) electrons. The average Bonchev–Trinajstić information content (AvgIpc) is 2.52. The third-order valence-corrected chi connectivity index (χ3v) is 4.02. The fraction of sp³-hybridized carbons (Fsp3) is 0.579. The summed E-state index contributed by atoms with van der Waals surface area (Å²) in [5, 5.41) is 2.93. The average molecular weight is 318 g/mol. The number of anilines is 1. The SMILES string of the molecule is CCCCCNC(=O)CCN(C(C)=O)c1c(C)cccc1CC. The number of aryl methyl sites for hydroxylation is 2. The lowest BCUT2D eigenvalue weighted by Gasteiger charge is -2.25. The van der Waals surface area contributed by atoms with E-state index in [0.29, 0.717) is 13.0 Å². The molecule has 4 nitrogen and oxygen atoms in total. The lowest BCUT2D eigenvalue weighted by atomic mass is 10.0. The van der Waals surface area contributed by atoms with E-state index < -0.39 is 0 Å². The molecule has 0 aromatic heterocycles. The highest BCUT2D eigenvalue weighted by atomic mass is 16.2. The number of rotatable bonds is 9. The maximum Gasteiger partial charge on any atom is 0.223 e. The zero-order chi connectivity index (χ0) is 17.2. The predicted molar refractivity (Wildman–Crippen MR) is 95.7 cm³/mol. The fourth-order valence-electron chi connectivity index (χ4n) is 2.72. The maximum absolute atomic E-state index is 12.1. The van der Waals surface area contributed by atoms with E-state index in [2.05, 4.69) is 19.2 Å². The van der Waals surface area contributed by atoms with E-state index in [0.717, 1.165) is 49.0 Å². The van der Waals surface area contributed by atoms with E-state index in [1.54, 1.807) is 11.8 Å². The van der Waals surface area contributed by atoms with Gasteiger partial charge in [-0.05, 0) is 30.9 Å². The number of nitrogens with one attached hydrogen (secondary N) is 1. The Morgan fingerprint density at radius 1 is 1.17 bits per heavy atom. The van der Waals surface area contributed by atoms with Crippen LogP contribution in [0.15, 0.2) is 18.2 Å². The lowest BCUT2D eigenvalue weighted by Crippen LogP contribution is -2.35. The first kappa shape index (κ1) is 19.2. The molecule has 0 unspecified atom stereocenters. The minimum Gasteiger partial charge on any atom is -0.356 e. The van der Waals surface area contributed by atoms with Crippen molar-refractivity contribution in [2.75, 3.05) is 18.0 Å². The van der Waals surface area contributed by atoms with Gasteiger partial charge in [-0.3, -0.25) is 9.59 Å². The zero-order valence-electron chi connectivity index (χ0n) is 14.9. The Kier molecular flexibility index (Phi) is 8.38. The van der Waals surface area contributed by atoms with Gasteiger partial charge in [0.2, 0.25) is 11.8 Å². The summed E-state index contributed by atoms with van der Waals surface area (Å²) in [5.74, 6) is -0.00762.